The minimum absolute atomic E-state index is 0.197. The molecule has 1 aliphatic heterocycles. The van der Waals surface area contributed by atoms with E-state index in [1.54, 1.807) is 18.2 Å². The van der Waals surface area contributed by atoms with Gasteiger partial charge in [-0.05, 0) is 71.5 Å². The fourth-order valence-corrected chi connectivity index (χ4v) is 4.85. The smallest absolute Gasteiger partial charge is 0.257 e. The maximum Gasteiger partial charge on any atom is 0.257 e. The summed E-state index contributed by atoms with van der Waals surface area (Å²) in [7, 11) is 0. The Morgan fingerprint density at radius 3 is 2.84 bits per heavy atom. The van der Waals surface area contributed by atoms with Crippen molar-refractivity contribution in [2.75, 3.05) is 43.1 Å². The third-order valence-electron chi connectivity index (χ3n) is 4.69. The van der Waals surface area contributed by atoms with Crippen LogP contribution in [0.3, 0.4) is 0 Å². The quantitative estimate of drug-likeness (QED) is 0.482. The highest BCUT2D eigenvalue weighted by atomic mass is 79.9. The zero-order valence-corrected chi connectivity index (χ0v) is 20.0. The first-order valence-corrected chi connectivity index (χ1v) is 11.8. The van der Waals surface area contributed by atoms with Crippen molar-refractivity contribution < 1.29 is 14.3 Å². The van der Waals surface area contributed by atoms with Gasteiger partial charge in [-0.25, -0.2) is 4.98 Å². The Bertz CT molecular complexity index is 1120. The standard InChI is InChI=1S/C21H21BrN4O3S2/c1-2-29-17-6-3-13(11-15(17)22)19(27)24-20(30)25-21-23-16-5-4-14(12-18(16)31-21)26-7-9-28-10-8-26/h3-6,11-12H,2,7-10H2,1H3,(H2,23,24,25,27,30). The van der Waals surface area contributed by atoms with Gasteiger partial charge in [0.05, 0.1) is 34.5 Å². The van der Waals surface area contributed by atoms with Crippen LogP contribution in [0.5, 0.6) is 5.75 Å². The second-order valence-electron chi connectivity index (χ2n) is 6.76. The van der Waals surface area contributed by atoms with E-state index >= 15 is 0 Å². The summed E-state index contributed by atoms with van der Waals surface area (Å²) in [6, 6.07) is 11.3. The van der Waals surface area contributed by atoms with Crippen LogP contribution in [-0.4, -0.2) is 48.9 Å². The number of amides is 1. The fraction of sp³-hybridized carbons (Fsp3) is 0.286. The first-order chi connectivity index (χ1) is 15.0. The number of hydrogen-bond donors (Lipinski definition) is 2. The summed E-state index contributed by atoms with van der Waals surface area (Å²) in [4.78, 5) is 19.4. The predicted octanol–water partition coefficient (Wildman–Crippen LogP) is 4.42. The van der Waals surface area contributed by atoms with Gasteiger partial charge in [-0.2, -0.15) is 0 Å². The molecule has 162 valence electrons. The van der Waals surface area contributed by atoms with Crippen LogP contribution in [-0.2, 0) is 4.74 Å². The Balaban J connectivity index is 1.40. The third kappa shape index (κ3) is 5.32. The van der Waals surface area contributed by atoms with Crippen LogP contribution in [0.1, 0.15) is 17.3 Å². The first-order valence-electron chi connectivity index (χ1n) is 9.81. The van der Waals surface area contributed by atoms with Crippen LogP contribution >= 0.6 is 39.5 Å². The van der Waals surface area contributed by atoms with Gasteiger partial charge in [0.1, 0.15) is 5.75 Å². The van der Waals surface area contributed by atoms with E-state index in [0.29, 0.717) is 27.5 Å². The number of hydrogen-bond acceptors (Lipinski definition) is 7. The molecule has 0 spiro atoms. The number of ether oxygens (including phenoxy) is 2. The lowest BCUT2D eigenvalue weighted by Gasteiger charge is -2.28. The summed E-state index contributed by atoms with van der Waals surface area (Å²) in [6.45, 7) is 5.70. The van der Waals surface area contributed by atoms with Crippen molar-refractivity contribution in [3.63, 3.8) is 0 Å². The molecule has 1 fully saturated rings. The van der Waals surface area contributed by atoms with Crippen LogP contribution in [0.25, 0.3) is 10.2 Å². The minimum atomic E-state index is -0.308. The van der Waals surface area contributed by atoms with E-state index in [0.717, 1.165) is 42.2 Å². The topological polar surface area (TPSA) is 75.7 Å². The molecule has 1 saturated heterocycles. The molecule has 1 amide bonds. The summed E-state index contributed by atoms with van der Waals surface area (Å²) in [5.74, 6) is 0.377. The number of benzene rings is 2. The first kappa shape index (κ1) is 21.9. The molecule has 2 N–H and O–H groups in total. The zero-order chi connectivity index (χ0) is 21.8. The van der Waals surface area contributed by atoms with E-state index < -0.39 is 0 Å². The fourth-order valence-electron chi connectivity index (χ4n) is 3.20. The molecule has 10 heteroatoms. The monoisotopic (exact) mass is 520 g/mol. The lowest BCUT2D eigenvalue weighted by Crippen LogP contribution is -2.36. The van der Waals surface area contributed by atoms with Crippen LogP contribution in [0, 0.1) is 0 Å². The average molecular weight is 521 g/mol. The molecular weight excluding hydrogens is 500 g/mol. The van der Waals surface area contributed by atoms with Crippen molar-refractivity contribution in [1.29, 1.82) is 0 Å². The van der Waals surface area contributed by atoms with Gasteiger partial charge < -0.3 is 19.7 Å². The Morgan fingerprint density at radius 2 is 2.10 bits per heavy atom. The molecule has 3 aromatic rings. The molecule has 0 unspecified atom stereocenters. The van der Waals surface area contributed by atoms with Crippen LogP contribution in [0.2, 0.25) is 0 Å². The van der Waals surface area contributed by atoms with Gasteiger partial charge in [-0.1, -0.05) is 11.3 Å². The van der Waals surface area contributed by atoms with Crippen molar-refractivity contribution in [1.82, 2.24) is 10.3 Å². The number of aromatic nitrogens is 1. The molecule has 2 heterocycles. The lowest BCUT2D eigenvalue weighted by atomic mass is 10.2. The molecule has 7 nitrogen and oxygen atoms in total. The third-order valence-corrected chi connectivity index (χ3v) is 6.45. The van der Waals surface area contributed by atoms with Gasteiger partial charge in [-0.3, -0.25) is 10.1 Å². The maximum atomic E-state index is 12.5. The largest absolute Gasteiger partial charge is 0.493 e. The SMILES string of the molecule is CCOc1ccc(C(=O)NC(=S)Nc2nc3ccc(N4CCOCC4)cc3s2)cc1Br. The number of carbonyl (C=O) groups excluding carboxylic acids is 1. The van der Waals surface area contributed by atoms with Gasteiger partial charge in [0, 0.05) is 24.3 Å². The van der Waals surface area contributed by atoms with E-state index in [9.17, 15) is 4.79 Å². The zero-order valence-electron chi connectivity index (χ0n) is 16.8. The Kier molecular flexibility index (Phi) is 7.01. The molecule has 0 aliphatic carbocycles. The van der Waals surface area contributed by atoms with Crippen molar-refractivity contribution in [3.05, 3.63) is 46.4 Å². The van der Waals surface area contributed by atoms with Gasteiger partial charge >= 0.3 is 0 Å². The van der Waals surface area contributed by atoms with Crippen molar-refractivity contribution >= 4 is 71.5 Å². The number of halogens is 1. The van der Waals surface area contributed by atoms with Crippen LogP contribution in [0.4, 0.5) is 10.8 Å². The van der Waals surface area contributed by atoms with Crippen molar-refractivity contribution in [2.45, 2.75) is 6.92 Å². The molecule has 4 rings (SSSR count). The van der Waals surface area contributed by atoms with Crippen LogP contribution < -0.4 is 20.3 Å². The summed E-state index contributed by atoms with van der Waals surface area (Å²) < 4.78 is 12.7. The molecule has 0 atom stereocenters. The summed E-state index contributed by atoms with van der Waals surface area (Å²) in [6.07, 6.45) is 0. The second-order valence-corrected chi connectivity index (χ2v) is 9.05. The molecule has 0 radical (unpaired) electrons. The Hall–Kier alpha value is -2.27. The van der Waals surface area contributed by atoms with E-state index in [4.69, 9.17) is 21.7 Å². The normalized spacial score (nSPS) is 13.8. The Labute approximate surface area is 197 Å². The summed E-state index contributed by atoms with van der Waals surface area (Å²) >= 11 is 10.2. The molecule has 1 aromatic heterocycles. The number of rotatable bonds is 5. The molecular formula is C21H21BrN4O3S2. The van der Waals surface area contributed by atoms with Gasteiger partial charge in [0.2, 0.25) is 0 Å². The summed E-state index contributed by atoms with van der Waals surface area (Å²) in [5, 5.41) is 6.54. The number of fused-ring (bicyclic) bond motifs is 1. The molecule has 0 bridgehead atoms. The average Bonchev–Trinajstić information content (AvgIpc) is 3.17. The molecule has 0 saturated carbocycles. The number of anilines is 2. The van der Waals surface area contributed by atoms with Crippen molar-refractivity contribution in [2.24, 2.45) is 0 Å². The number of carbonyl (C=O) groups is 1. The van der Waals surface area contributed by atoms with Crippen molar-refractivity contribution in [3.8, 4) is 5.75 Å². The van der Waals surface area contributed by atoms with E-state index in [-0.39, 0.29) is 11.0 Å². The molecule has 2 aromatic carbocycles. The van der Waals surface area contributed by atoms with Gasteiger partial charge in [-0.15, -0.1) is 0 Å². The van der Waals surface area contributed by atoms with E-state index in [2.05, 4.69) is 48.6 Å². The lowest BCUT2D eigenvalue weighted by molar-refractivity contribution is 0.0977. The number of morpholine rings is 1. The highest BCUT2D eigenvalue weighted by molar-refractivity contribution is 9.10. The molecule has 1 aliphatic rings. The second kappa shape index (κ2) is 9.90. The van der Waals surface area contributed by atoms with Gasteiger partial charge in [0.25, 0.3) is 5.91 Å². The minimum Gasteiger partial charge on any atom is -0.493 e. The highest BCUT2D eigenvalue weighted by Crippen LogP contribution is 2.30. The highest BCUT2D eigenvalue weighted by Gasteiger charge is 2.15. The maximum absolute atomic E-state index is 12.5. The number of nitrogens with zero attached hydrogens (tertiary/aromatic N) is 2. The predicted molar refractivity (Wildman–Crippen MR) is 132 cm³/mol. The number of thiazole rings is 1. The molecule has 31 heavy (non-hydrogen) atoms. The number of nitrogens with one attached hydrogen (secondary N) is 2. The van der Waals surface area contributed by atoms with E-state index in [1.807, 2.05) is 13.0 Å². The van der Waals surface area contributed by atoms with Gasteiger partial charge in [0.15, 0.2) is 10.2 Å². The number of thiocarbonyl (C=S) groups is 1. The summed E-state index contributed by atoms with van der Waals surface area (Å²) in [5.41, 5.74) is 2.51. The van der Waals surface area contributed by atoms with E-state index in [1.165, 1.54) is 11.3 Å². The van der Waals surface area contributed by atoms with Crippen LogP contribution in [0.15, 0.2) is 40.9 Å². The Morgan fingerprint density at radius 1 is 1.29 bits per heavy atom.